The number of aryl methyl sites for hydroxylation is 1. The number of halogens is 1. The second-order valence-corrected chi connectivity index (χ2v) is 6.13. The third kappa shape index (κ3) is 1.97. The lowest BCUT2D eigenvalue weighted by molar-refractivity contribution is 0.291. The van der Waals surface area contributed by atoms with Gasteiger partial charge < -0.3 is 9.88 Å². The maximum atomic E-state index is 4.82. The van der Waals surface area contributed by atoms with Gasteiger partial charge in [-0.05, 0) is 43.5 Å². The summed E-state index contributed by atoms with van der Waals surface area (Å²) in [6.07, 6.45) is 2.55. The van der Waals surface area contributed by atoms with E-state index in [4.69, 9.17) is 4.98 Å². The van der Waals surface area contributed by atoms with Gasteiger partial charge in [0.2, 0.25) is 0 Å². The lowest BCUT2D eigenvalue weighted by Crippen LogP contribution is -2.34. The largest absolute Gasteiger partial charge is 0.330 e. The monoisotopic (exact) mass is 307 g/mol. The molecule has 18 heavy (non-hydrogen) atoms. The van der Waals surface area contributed by atoms with Crippen LogP contribution in [0.15, 0.2) is 22.7 Å². The van der Waals surface area contributed by atoms with E-state index in [1.165, 1.54) is 18.4 Å². The molecule has 0 amide bonds. The molecular formula is C14H18BrN3. The topological polar surface area (TPSA) is 29.9 Å². The summed E-state index contributed by atoms with van der Waals surface area (Å²) in [7, 11) is 2.11. The van der Waals surface area contributed by atoms with Gasteiger partial charge in [-0.15, -0.1) is 0 Å². The number of rotatable bonds is 1. The lowest BCUT2D eigenvalue weighted by Gasteiger charge is -2.29. The SMILES string of the molecule is CC1CCCNC1c1nc2cc(Br)ccc2n1C. The Morgan fingerprint density at radius 2 is 2.28 bits per heavy atom. The Morgan fingerprint density at radius 1 is 1.44 bits per heavy atom. The molecule has 1 aliphatic rings. The second-order valence-electron chi connectivity index (χ2n) is 5.21. The number of hydrogen-bond acceptors (Lipinski definition) is 2. The van der Waals surface area contributed by atoms with Crippen molar-refractivity contribution in [2.45, 2.75) is 25.8 Å². The normalized spacial score (nSPS) is 24.6. The third-order valence-electron chi connectivity index (χ3n) is 3.93. The molecular weight excluding hydrogens is 290 g/mol. The Bertz CT molecular complexity index is 576. The van der Waals surface area contributed by atoms with Crippen molar-refractivity contribution in [1.29, 1.82) is 0 Å². The first kappa shape index (κ1) is 12.2. The van der Waals surface area contributed by atoms with E-state index in [1.807, 2.05) is 0 Å². The molecule has 1 aromatic carbocycles. The Hall–Kier alpha value is -0.870. The van der Waals surface area contributed by atoms with Crippen LogP contribution in [0, 0.1) is 5.92 Å². The van der Waals surface area contributed by atoms with Crippen LogP contribution >= 0.6 is 15.9 Å². The van der Waals surface area contributed by atoms with Crippen molar-refractivity contribution in [1.82, 2.24) is 14.9 Å². The minimum atomic E-state index is 0.384. The number of aromatic nitrogens is 2. The minimum Gasteiger partial charge on any atom is -0.330 e. The highest BCUT2D eigenvalue weighted by atomic mass is 79.9. The Balaban J connectivity index is 2.08. The average Bonchev–Trinajstić information content (AvgIpc) is 2.67. The first-order chi connectivity index (χ1) is 8.66. The van der Waals surface area contributed by atoms with Gasteiger partial charge in [0.15, 0.2) is 0 Å². The first-order valence-corrected chi connectivity index (χ1v) is 7.31. The number of imidazole rings is 1. The number of fused-ring (bicyclic) bond motifs is 1. The molecule has 0 radical (unpaired) electrons. The summed E-state index contributed by atoms with van der Waals surface area (Å²) in [5.74, 6) is 1.81. The molecule has 0 bridgehead atoms. The van der Waals surface area contributed by atoms with E-state index in [0.717, 1.165) is 22.4 Å². The Labute approximate surface area is 116 Å². The van der Waals surface area contributed by atoms with Gasteiger partial charge >= 0.3 is 0 Å². The number of benzene rings is 1. The van der Waals surface area contributed by atoms with E-state index in [2.05, 4.69) is 58.0 Å². The summed E-state index contributed by atoms with van der Waals surface area (Å²) in [6.45, 7) is 3.41. The number of nitrogens with zero attached hydrogens (tertiary/aromatic N) is 2. The second kappa shape index (κ2) is 4.67. The number of piperidine rings is 1. The van der Waals surface area contributed by atoms with Gasteiger partial charge in [0.25, 0.3) is 0 Å². The molecule has 1 aliphatic heterocycles. The van der Waals surface area contributed by atoms with Gasteiger partial charge in [0, 0.05) is 11.5 Å². The predicted octanol–water partition coefficient (Wildman–Crippen LogP) is 3.40. The fourth-order valence-electron chi connectivity index (χ4n) is 2.86. The summed E-state index contributed by atoms with van der Waals surface area (Å²) < 4.78 is 3.31. The van der Waals surface area contributed by atoms with Crippen molar-refractivity contribution in [3.63, 3.8) is 0 Å². The maximum Gasteiger partial charge on any atom is 0.127 e. The zero-order valence-electron chi connectivity index (χ0n) is 10.8. The van der Waals surface area contributed by atoms with Crippen LogP contribution in [0.5, 0.6) is 0 Å². The summed E-state index contributed by atoms with van der Waals surface area (Å²) in [5.41, 5.74) is 2.27. The van der Waals surface area contributed by atoms with Crippen LogP contribution in [0.2, 0.25) is 0 Å². The van der Waals surface area contributed by atoms with Crippen LogP contribution in [-0.4, -0.2) is 16.1 Å². The molecule has 0 saturated carbocycles. The molecule has 4 heteroatoms. The van der Waals surface area contributed by atoms with Gasteiger partial charge in [0.1, 0.15) is 5.82 Å². The first-order valence-electron chi connectivity index (χ1n) is 6.52. The van der Waals surface area contributed by atoms with Gasteiger partial charge in [-0.3, -0.25) is 0 Å². The van der Waals surface area contributed by atoms with Gasteiger partial charge in [-0.1, -0.05) is 22.9 Å². The van der Waals surface area contributed by atoms with Gasteiger partial charge in [-0.25, -0.2) is 4.98 Å². The summed E-state index contributed by atoms with van der Waals surface area (Å²) in [4.78, 5) is 4.82. The summed E-state index contributed by atoms with van der Waals surface area (Å²) in [5, 5.41) is 3.61. The fraction of sp³-hybridized carbons (Fsp3) is 0.500. The Morgan fingerprint density at radius 3 is 3.06 bits per heavy atom. The molecule has 2 unspecified atom stereocenters. The van der Waals surface area contributed by atoms with Crippen molar-refractivity contribution in [2.75, 3.05) is 6.54 Å². The summed E-state index contributed by atoms with van der Waals surface area (Å²) >= 11 is 3.51. The molecule has 2 heterocycles. The van der Waals surface area contributed by atoms with E-state index >= 15 is 0 Å². The van der Waals surface area contributed by atoms with Gasteiger partial charge in [0.05, 0.1) is 17.1 Å². The van der Waals surface area contributed by atoms with E-state index in [-0.39, 0.29) is 0 Å². The fourth-order valence-corrected chi connectivity index (χ4v) is 3.21. The van der Waals surface area contributed by atoms with E-state index in [9.17, 15) is 0 Å². The van der Waals surface area contributed by atoms with E-state index in [1.54, 1.807) is 0 Å². The third-order valence-corrected chi connectivity index (χ3v) is 4.42. The molecule has 1 aromatic heterocycles. The maximum absolute atomic E-state index is 4.82. The van der Waals surface area contributed by atoms with E-state index in [0.29, 0.717) is 12.0 Å². The summed E-state index contributed by atoms with van der Waals surface area (Å²) in [6, 6.07) is 6.68. The highest BCUT2D eigenvalue weighted by molar-refractivity contribution is 9.10. The minimum absolute atomic E-state index is 0.384. The molecule has 3 rings (SSSR count). The van der Waals surface area contributed by atoms with Crippen LogP contribution < -0.4 is 5.32 Å². The molecule has 1 N–H and O–H groups in total. The smallest absolute Gasteiger partial charge is 0.127 e. The van der Waals surface area contributed by atoms with Crippen LogP contribution in [-0.2, 0) is 7.05 Å². The average molecular weight is 308 g/mol. The van der Waals surface area contributed by atoms with Gasteiger partial charge in [-0.2, -0.15) is 0 Å². The zero-order chi connectivity index (χ0) is 12.7. The quantitative estimate of drug-likeness (QED) is 0.875. The standard InChI is InChI=1S/C14H18BrN3/c1-9-4-3-7-16-13(9)14-17-11-8-10(15)5-6-12(11)18(14)2/h5-6,8-9,13,16H,3-4,7H2,1-2H3. The molecule has 2 atom stereocenters. The van der Waals surface area contributed by atoms with Crippen LogP contribution in [0.1, 0.15) is 31.6 Å². The van der Waals surface area contributed by atoms with E-state index < -0.39 is 0 Å². The van der Waals surface area contributed by atoms with Crippen molar-refractivity contribution in [3.05, 3.63) is 28.5 Å². The number of nitrogens with one attached hydrogen (secondary N) is 1. The molecule has 0 spiro atoms. The molecule has 2 aromatic rings. The lowest BCUT2D eigenvalue weighted by atomic mass is 9.92. The molecule has 3 nitrogen and oxygen atoms in total. The molecule has 96 valence electrons. The van der Waals surface area contributed by atoms with Crippen molar-refractivity contribution in [2.24, 2.45) is 13.0 Å². The molecule has 1 saturated heterocycles. The zero-order valence-corrected chi connectivity index (χ0v) is 12.4. The Kier molecular flexibility index (Phi) is 3.16. The van der Waals surface area contributed by atoms with Crippen LogP contribution in [0.3, 0.4) is 0 Å². The highest BCUT2D eigenvalue weighted by Gasteiger charge is 2.26. The van der Waals surface area contributed by atoms with Crippen molar-refractivity contribution < 1.29 is 0 Å². The van der Waals surface area contributed by atoms with Crippen LogP contribution in [0.4, 0.5) is 0 Å². The number of hydrogen-bond donors (Lipinski definition) is 1. The highest BCUT2D eigenvalue weighted by Crippen LogP contribution is 2.30. The molecule has 0 aliphatic carbocycles. The van der Waals surface area contributed by atoms with Crippen molar-refractivity contribution in [3.8, 4) is 0 Å². The molecule has 1 fully saturated rings. The van der Waals surface area contributed by atoms with Crippen molar-refractivity contribution >= 4 is 27.0 Å². The van der Waals surface area contributed by atoms with Crippen LogP contribution in [0.25, 0.3) is 11.0 Å². The predicted molar refractivity (Wildman–Crippen MR) is 77.6 cm³/mol.